The number of fused-ring (bicyclic) bond motifs is 1. The van der Waals surface area contributed by atoms with Gasteiger partial charge in [0.25, 0.3) is 0 Å². The molecule has 12 heteroatoms. The molecule has 0 aromatic carbocycles. The van der Waals surface area contributed by atoms with Crippen LogP contribution in [0.25, 0.3) is 11.0 Å². The number of halogens is 1. The molecule has 1 fully saturated rings. The quantitative estimate of drug-likeness (QED) is 0.426. The maximum atomic E-state index is 10.4. The Bertz CT molecular complexity index is 800. The van der Waals surface area contributed by atoms with Gasteiger partial charge in [0.05, 0.1) is 11.5 Å². The average molecular weight is 462 g/mol. The van der Waals surface area contributed by atoms with E-state index in [1.807, 2.05) is 0 Å². The number of nitrogens with two attached hydrogens (primary N) is 2. The van der Waals surface area contributed by atoms with Crippen molar-refractivity contribution in [3.05, 3.63) is 17.0 Å². The van der Waals surface area contributed by atoms with Crippen LogP contribution < -0.4 is 11.5 Å². The SMILES string of the molecule is NCCCSC[C@H]1O[C@@H](n2cc(Br)c3c(N)ncnc32)[C@H](O)[C@@H]1O.O=C=O. The van der Waals surface area contributed by atoms with Gasteiger partial charge in [-0.15, -0.1) is 0 Å². The first-order valence-electron chi connectivity index (χ1n) is 8.01. The molecule has 0 amide bonds. The molecule has 1 saturated heterocycles. The summed E-state index contributed by atoms with van der Waals surface area (Å²) >= 11 is 5.08. The Balaban J connectivity index is 0.000000817. The van der Waals surface area contributed by atoms with Crippen molar-refractivity contribution in [1.29, 1.82) is 0 Å². The monoisotopic (exact) mass is 461 g/mol. The molecule has 148 valence electrons. The molecule has 2 aromatic heterocycles. The molecule has 27 heavy (non-hydrogen) atoms. The maximum absolute atomic E-state index is 10.4. The topological polar surface area (TPSA) is 167 Å². The van der Waals surface area contributed by atoms with Crippen LogP contribution in [0, 0.1) is 0 Å². The lowest BCUT2D eigenvalue weighted by Crippen LogP contribution is -2.32. The van der Waals surface area contributed by atoms with Gasteiger partial charge in [0.1, 0.15) is 30.0 Å². The van der Waals surface area contributed by atoms with Crippen LogP contribution in [0.2, 0.25) is 0 Å². The van der Waals surface area contributed by atoms with Crippen LogP contribution in [0.1, 0.15) is 12.6 Å². The van der Waals surface area contributed by atoms with Gasteiger partial charge in [-0.2, -0.15) is 21.4 Å². The first-order valence-corrected chi connectivity index (χ1v) is 9.96. The van der Waals surface area contributed by atoms with Gasteiger partial charge >= 0.3 is 6.15 Å². The zero-order valence-electron chi connectivity index (χ0n) is 14.2. The number of nitrogens with zero attached hydrogens (tertiary/aromatic N) is 3. The second-order valence-corrected chi connectivity index (χ2v) is 7.69. The predicted octanol–water partition coefficient (Wildman–Crippen LogP) is -0.106. The summed E-state index contributed by atoms with van der Waals surface area (Å²) in [4.78, 5) is 24.5. The van der Waals surface area contributed by atoms with Crippen LogP contribution in [0.3, 0.4) is 0 Å². The van der Waals surface area contributed by atoms with E-state index in [1.54, 1.807) is 22.5 Å². The van der Waals surface area contributed by atoms with Crippen molar-refractivity contribution in [1.82, 2.24) is 14.5 Å². The highest BCUT2D eigenvalue weighted by Crippen LogP contribution is 2.37. The Morgan fingerprint density at radius 1 is 1.33 bits per heavy atom. The van der Waals surface area contributed by atoms with E-state index in [2.05, 4.69) is 25.9 Å². The Labute approximate surface area is 167 Å². The molecular weight excluding hydrogens is 442 g/mol. The van der Waals surface area contributed by atoms with Gasteiger partial charge in [-0.05, 0) is 34.6 Å². The van der Waals surface area contributed by atoms with E-state index >= 15 is 0 Å². The minimum atomic E-state index is -1.05. The Kier molecular flexibility index (Phi) is 8.17. The van der Waals surface area contributed by atoms with E-state index in [4.69, 9.17) is 25.8 Å². The number of aliphatic hydroxyl groups is 2. The number of hydrogen-bond donors (Lipinski definition) is 4. The third-order valence-electron chi connectivity index (χ3n) is 3.98. The normalized spacial score (nSPS) is 24.4. The predicted molar refractivity (Wildman–Crippen MR) is 102 cm³/mol. The van der Waals surface area contributed by atoms with Crippen LogP contribution >= 0.6 is 27.7 Å². The summed E-state index contributed by atoms with van der Waals surface area (Å²) in [6.07, 6.45) is 1.05. The Hall–Kier alpha value is -1.53. The highest BCUT2D eigenvalue weighted by Gasteiger charge is 2.44. The van der Waals surface area contributed by atoms with Gasteiger partial charge < -0.3 is 31.0 Å². The highest BCUT2D eigenvalue weighted by atomic mass is 79.9. The number of rotatable bonds is 6. The highest BCUT2D eigenvalue weighted by molar-refractivity contribution is 9.10. The lowest BCUT2D eigenvalue weighted by atomic mass is 10.1. The molecule has 0 saturated carbocycles. The largest absolute Gasteiger partial charge is 0.387 e. The lowest BCUT2D eigenvalue weighted by Gasteiger charge is -2.17. The van der Waals surface area contributed by atoms with Crippen molar-refractivity contribution in [2.75, 3.05) is 23.8 Å². The molecule has 4 atom stereocenters. The van der Waals surface area contributed by atoms with Crippen LogP contribution in [0.5, 0.6) is 0 Å². The first-order chi connectivity index (χ1) is 13.0. The molecule has 0 spiro atoms. The van der Waals surface area contributed by atoms with Gasteiger partial charge in [0.15, 0.2) is 6.23 Å². The third kappa shape index (κ3) is 4.85. The first kappa shape index (κ1) is 21.8. The molecule has 0 aliphatic carbocycles. The van der Waals surface area contributed by atoms with Crippen LogP contribution in [-0.2, 0) is 14.3 Å². The molecule has 0 bridgehead atoms. The van der Waals surface area contributed by atoms with Crippen LogP contribution in [0.15, 0.2) is 17.0 Å². The number of thioether (sulfide) groups is 1. The fourth-order valence-electron chi connectivity index (χ4n) is 2.74. The van der Waals surface area contributed by atoms with Gasteiger partial charge in [-0.3, -0.25) is 0 Å². The number of nitrogen functional groups attached to an aromatic ring is 1. The summed E-state index contributed by atoms with van der Waals surface area (Å²) in [6, 6.07) is 0. The maximum Gasteiger partial charge on any atom is 0.373 e. The van der Waals surface area contributed by atoms with E-state index in [9.17, 15) is 10.2 Å². The van der Waals surface area contributed by atoms with E-state index < -0.39 is 24.5 Å². The van der Waals surface area contributed by atoms with Crippen molar-refractivity contribution >= 4 is 50.7 Å². The average Bonchev–Trinajstić information content (AvgIpc) is 3.12. The standard InChI is InChI=1S/C14H20BrN5O3S.CO2/c15-7-4-20(13-9(7)12(17)18-6-19-13)14-11(22)10(21)8(23-14)5-24-3-1-2-16;2-1-3/h4,6,8,10-11,14,21-22H,1-3,5,16H2,(H2,17,18,19);/t8-,10-,11-,14-;/m1./s1. The minimum Gasteiger partial charge on any atom is -0.387 e. The summed E-state index contributed by atoms with van der Waals surface area (Å²) in [5.41, 5.74) is 11.9. The second-order valence-electron chi connectivity index (χ2n) is 5.69. The molecule has 3 heterocycles. The molecule has 0 radical (unpaired) electrons. The van der Waals surface area contributed by atoms with Crippen molar-refractivity contribution in [3.63, 3.8) is 0 Å². The van der Waals surface area contributed by atoms with E-state index in [1.165, 1.54) is 6.33 Å². The summed E-state index contributed by atoms with van der Waals surface area (Å²) in [7, 11) is 0. The lowest BCUT2D eigenvalue weighted by molar-refractivity contribution is -0.191. The molecule has 0 unspecified atom stereocenters. The number of aromatic nitrogens is 3. The zero-order chi connectivity index (χ0) is 20.0. The molecule has 6 N–H and O–H groups in total. The van der Waals surface area contributed by atoms with Crippen molar-refractivity contribution in [2.45, 2.75) is 31.0 Å². The van der Waals surface area contributed by atoms with Gasteiger partial charge in [-0.1, -0.05) is 0 Å². The summed E-state index contributed by atoms with van der Waals surface area (Å²) in [6.45, 7) is 0.636. The summed E-state index contributed by atoms with van der Waals surface area (Å²) < 4.78 is 8.29. The minimum absolute atomic E-state index is 0.250. The molecule has 10 nitrogen and oxygen atoms in total. The Morgan fingerprint density at radius 2 is 2.04 bits per heavy atom. The third-order valence-corrected chi connectivity index (χ3v) is 5.72. The number of hydrogen-bond acceptors (Lipinski definition) is 10. The molecule has 2 aromatic rings. The summed E-state index contributed by atoms with van der Waals surface area (Å²) in [5.74, 6) is 1.82. The Morgan fingerprint density at radius 3 is 2.70 bits per heavy atom. The van der Waals surface area contributed by atoms with Crippen LogP contribution in [0.4, 0.5) is 5.82 Å². The fraction of sp³-hybridized carbons (Fsp3) is 0.533. The number of aliphatic hydroxyl groups excluding tert-OH is 2. The van der Waals surface area contributed by atoms with Crippen molar-refractivity contribution in [3.8, 4) is 0 Å². The number of carbonyl (C=O) groups excluding carboxylic acids is 2. The number of anilines is 1. The van der Waals surface area contributed by atoms with Gasteiger partial charge in [0, 0.05) is 16.4 Å². The molecule has 1 aliphatic rings. The van der Waals surface area contributed by atoms with Gasteiger partial charge in [0.2, 0.25) is 0 Å². The zero-order valence-corrected chi connectivity index (χ0v) is 16.6. The molecule has 3 rings (SSSR count). The summed E-state index contributed by atoms with van der Waals surface area (Å²) in [5, 5.41) is 21.3. The van der Waals surface area contributed by atoms with Crippen molar-refractivity contribution in [2.24, 2.45) is 5.73 Å². The number of ether oxygens (including phenoxy) is 1. The second kappa shape index (κ2) is 10.1. The molecular formula is C15H20BrN5O5S. The fourth-order valence-corrected chi connectivity index (χ4v) is 4.38. The molecule has 1 aliphatic heterocycles. The van der Waals surface area contributed by atoms with E-state index in [0.29, 0.717) is 33.6 Å². The van der Waals surface area contributed by atoms with E-state index in [0.717, 1.165) is 12.2 Å². The van der Waals surface area contributed by atoms with Crippen molar-refractivity contribution < 1.29 is 24.5 Å². The van der Waals surface area contributed by atoms with Crippen LogP contribution in [-0.4, -0.2) is 67.3 Å². The smallest absolute Gasteiger partial charge is 0.373 e. The van der Waals surface area contributed by atoms with E-state index in [-0.39, 0.29) is 6.15 Å². The van der Waals surface area contributed by atoms with Gasteiger partial charge in [-0.25, -0.2) is 9.97 Å².